The largest absolute Gasteiger partial charge is 0.462 e. The first-order valence-electron chi connectivity index (χ1n) is 9.65. The first-order chi connectivity index (χ1) is 13.9. The maximum Gasteiger partial charge on any atom is 0.350 e. The highest BCUT2D eigenvalue weighted by Gasteiger charge is 2.27. The first-order valence-corrected chi connectivity index (χ1v) is 10.5. The molecular weight excluding hydrogens is 392 g/mol. The molecule has 1 amide bonds. The third kappa shape index (κ3) is 4.91. The standard InChI is InChI=1S/C20H26N4O4S/c1-5-27-19(26)18-13(2)22-20(29-18)24(12-16-7-6-10-28-16)17(25)9-8-15-11-21-23(4)14(15)3/h8-9,11,16H,5-7,10,12H2,1-4H3/b9-8+/t16-/m1/s1. The summed E-state index contributed by atoms with van der Waals surface area (Å²) in [4.78, 5) is 31.7. The highest BCUT2D eigenvalue weighted by molar-refractivity contribution is 7.17. The van der Waals surface area contributed by atoms with E-state index in [1.165, 1.54) is 17.4 Å². The summed E-state index contributed by atoms with van der Waals surface area (Å²) >= 11 is 1.17. The van der Waals surface area contributed by atoms with E-state index in [0.29, 0.717) is 28.9 Å². The van der Waals surface area contributed by atoms with Gasteiger partial charge < -0.3 is 9.47 Å². The van der Waals surface area contributed by atoms with E-state index < -0.39 is 5.97 Å². The van der Waals surface area contributed by atoms with E-state index in [9.17, 15) is 9.59 Å². The molecule has 3 heterocycles. The van der Waals surface area contributed by atoms with Crippen LogP contribution in [0.3, 0.4) is 0 Å². The molecule has 0 N–H and O–H groups in total. The molecule has 0 bridgehead atoms. The molecule has 0 aromatic carbocycles. The Labute approximate surface area is 174 Å². The van der Waals surface area contributed by atoms with Crippen molar-refractivity contribution in [1.82, 2.24) is 14.8 Å². The molecule has 9 heteroatoms. The Bertz CT molecular complexity index is 912. The van der Waals surface area contributed by atoms with Gasteiger partial charge in [-0.2, -0.15) is 5.10 Å². The fourth-order valence-electron chi connectivity index (χ4n) is 3.07. The number of ether oxygens (including phenoxy) is 2. The van der Waals surface area contributed by atoms with Crippen LogP contribution in [-0.4, -0.2) is 52.5 Å². The van der Waals surface area contributed by atoms with Crippen LogP contribution in [0.4, 0.5) is 5.13 Å². The fourth-order valence-corrected chi connectivity index (χ4v) is 4.04. The van der Waals surface area contributed by atoms with Crippen molar-refractivity contribution in [1.29, 1.82) is 0 Å². The molecule has 29 heavy (non-hydrogen) atoms. The maximum absolute atomic E-state index is 13.0. The number of esters is 1. The Hall–Kier alpha value is -2.52. The third-order valence-electron chi connectivity index (χ3n) is 4.83. The topological polar surface area (TPSA) is 86.5 Å². The number of nitrogens with zero attached hydrogens (tertiary/aromatic N) is 4. The molecule has 0 aliphatic carbocycles. The molecule has 3 rings (SSSR count). The van der Waals surface area contributed by atoms with Crippen molar-refractivity contribution in [3.63, 3.8) is 0 Å². The predicted molar refractivity (Wildman–Crippen MR) is 111 cm³/mol. The smallest absolute Gasteiger partial charge is 0.350 e. The summed E-state index contributed by atoms with van der Waals surface area (Å²) in [5, 5.41) is 4.66. The summed E-state index contributed by atoms with van der Waals surface area (Å²) in [5.41, 5.74) is 2.40. The first kappa shape index (κ1) is 21.2. The van der Waals surface area contributed by atoms with Gasteiger partial charge in [-0.25, -0.2) is 9.78 Å². The number of hydrogen-bond acceptors (Lipinski definition) is 7. The normalized spacial score (nSPS) is 16.5. The average Bonchev–Trinajstić information content (AvgIpc) is 3.41. The number of aromatic nitrogens is 3. The zero-order chi connectivity index (χ0) is 21.0. The van der Waals surface area contributed by atoms with Crippen molar-refractivity contribution >= 4 is 34.4 Å². The summed E-state index contributed by atoms with van der Waals surface area (Å²) < 4.78 is 12.6. The number of thiazole rings is 1. The summed E-state index contributed by atoms with van der Waals surface area (Å²) in [5.74, 6) is -0.632. The minimum absolute atomic E-state index is 0.0391. The van der Waals surface area contributed by atoms with Crippen LogP contribution in [0.5, 0.6) is 0 Å². The second-order valence-electron chi connectivity index (χ2n) is 6.86. The predicted octanol–water partition coefficient (Wildman–Crippen LogP) is 2.90. The number of hydrogen-bond donors (Lipinski definition) is 0. The van der Waals surface area contributed by atoms with Gasteiger partial charge in [-0.15, -0.1) is 0 Å². The quantitative estimate of drug-likeness (QED) is 0.508. The number of rotatable bonds is 7. The minimum atomic E-state index is -0.417. The van der Waals surface area contributed by atoms with Gasteiger partial charge in [0.15, 0.2) is 5.13 Å². The second kappa shape index (κ2) is 9.32. The molecule has 1 saturated heterocycles. The fraction of sp³-hybridized carbons (Fsp3) is 0.500. The van der Waals surface area contributed by atoms with E-state index >= 15 is 0 Å². The lowest BCUT2D eigenvalue weighted by Crippen LogP contribution is -2.36. The molecule has 2 aromatic heterocycles. The van der Waals surface area contributed by atoms with Gasteiger partial charge in [0, 0.05) is 31.0 Å². The number of aryl methyl sites for hydroxylation is 2. The Morgan fingerprint density at radius 2 is 2.24 bits per heavy atom. The van der Waals surface area contributed by atoms with Crippen molar-refractivity contribution in [2.75, 3.05) is 24.7 Å². The van der Waals surface area contributed by atoms with Crippen LogP contribution in [0, 0.1) is 13.8 Å². The number of carbonyl (C=O) groups is 2. The van der Waals surface area contributed by atoms with Gasteiger partial charge in [-0.3, -0.25) is 14.4 Å². The van der Waals surface area contributed by atoms with Crippen LogP contribution in [0.2, 0.25) is 0 Å². The van der Waals surface area contributed by atoms with Crippen LogP contribution in [-0.2, 0) is 21.3 Å². The molecule has 1 aliphatic rings. The van der Waals surface area contributed by atoms with E-state index in [4.69, 9.17) is 9.47 Å². The van der Waals surface area contributed by atoms with Gasteiger partial charge in [0.25, 0.3) is 5.91 Å². The van der Waals surface area contributed by atoms with Crippen LogP contribution in [0.15, 0.2) is 12.3 Å². The summed E-state index contributed by atoms with van der Waals surface area (Å²) in [6, 6.07) is 0. The molecule has 0 spiro atoms. The lowest BCUT2D eigenvalue weighted by molar-refractivity contribution is -0.114. The van der Waals surface area contributed by atoms with E-state index in [2.05, 4.69) is 10.1 Å². The van der Waals surface area contributed by atoms with Crippen molar-refractivity contribution in [3.8, 4) is 0 Å². The lowest BCUT2D eigenvalue weighted by Gasteiger charge is -2.21. The molecule has 0 unspecified atom stereocenters. The SMILES string of the molecule is CCOC(=O)c1sc(N(C[C@H]2CCCO2)C(=O)/C=C/c2cnn(C)c2C)nc1C. The van der Waals surface area contributed by atoms with Crippen LogP contribution >= 0.6 is 11.3 Å². The highest BCUT2D eigenvalue weighted by atomic mass is 32.1. The zero-order valence-corrected chi connectivity index (χ0v) is 18.0. The molecule has 1 atom stereocenters. The van der Waals surface area contributed by atoms with Crippen molar-refractivity contribution in [2.24, 2.45) is 7.05 Å². The van der Waals surface area contributed by atoms with E-state index in [-0.39, 0.29) is 18.6 Å². The van der Waals surface area contributed by atoms with E-state index in [1.807, 2.05) is 14.0 Å². The number of amides is 1. The molecule has 2 aromatic rings. The second-order valence-corrected chi connectivity index (χ2v) is 7.84. The Kier molecular flexibility index (Phi) is 6.81. The Morgan fingerprint density at radius 1 is 1.45 bits per heavy atom. The van der Waals surface area contributed by atoms with Crippen molar-refractivity contribution in [2.45, 2.75) is 39.7 Å². The molecule has 1 aliphatic heterocycles. The molecule has 0 radical (unpaired) electrons. The lowest BCUT2D eigenvalue weighted by atomic mass is 10.2. The Balaban J connectivity index is 1.86. The van der Waals surface area contributed by atoms with Gasteiger partial charge in [0.1, 0.15) is 4.88 Å². The number of anilines is 1. The maximum atomic E-state index is 13.0. The number of carbonyl (C=O) groups excluding carboxylic acids is 2. The molecule has 0 saturated carbocycles. The summed E-state index contributed by atoms with van der Waals surface area (Å²) in [6.45, 7) is 6.82. The minimum Gasteiger partial charge on any atom is -0.462 e. The van der Waals surface area contributed by atoms with Crippen molar-refractivity contribution in [3.05, 3.63) is 34.1 Å². The molecule has 156 valence electrons. The van der Waals surface area contributed by atoms with Crippen molar-refractivity contribution < 1.29 is 19.1 Å². The summed E-state index contributed by atoms with van der Waals surface area (Å²) in [6.07, 6.45) is 6.81. The highest BCUT2D eigenvalue weighted by Crippen LogP contribution is 2.28. The van der Waals surface area contributed by atoms with Gasteiger partial charge in [0.05, 0.1) is 31.1 Å². The van der Waals surface area contributed by atoms with Crippen LogP contribution in [0.1, 0.15) is 46.4 Å². The van der Waals surface area contributed by atoms with Gasteiger partial charge >= 0.3 is 5.97 Å². The summed E-state index contributed by atoms with van der Waals surface area (Å²) in [7, 11) is 1.85. The zero-order valence-electron chi connectivity index (χ0n) is 17.2. The molecule has 1 fully saturated rings. The molecular formula is C20H26N4O4S. The Morgan fingerprint density at radius 3 is 2.86 bits per heavy atom. The van der Waals surface area contributed by atoms with Gasteiger partial charge in [0.2, 0.25) is 0 Å². The molecule has 8 nitrogen and oxygen atoms in total. The van der Waals surface area contributed by atoms with E-state index in [1.54, 1.807) is 35.7 Å². The van der Waals surface area contributed by atoms with Crippen LogP contribution in [0.25, 0.3) is 6.08 Å². The third-order valence-corrected chi connectivity index (χ3v) is 5.99. The van der Waals surface area contributed by atoms with Gasteiger partial charge in [-0.1, -0.05) is 11.3 Å². The average molecular weight is 419 g/mol. The van der Waals surface area contributed by atoms with E-state index in [0.717, 1.165) is 24.1 Å². The monoisotopic (exact) mass is 418 g/mol. The van der Waals surface area contributed by atoms with Gasteiger partial charge in [-0.05, 0) is 39.7 Å². The van der Waals surface area contributed by atoms with Crippen LogP contribution < -0.4 is 4.90 Å².